The second kappa shape index (κ2) is 8.53. The lowest BCUT2D eigenvalue weighted by Crippen LogP contribution is -2.31. The van der Waals surface area contributed by atoms with Crippen molar-refractivity contribution >= 4 is 28.1 Å². The summed E-state index contributed by atoms with van der Waals surface area (Å²) in [5.74, 6) is 0.939. The number of anilines is 1. The van der Waals surface area contributed by atoms with Gasteiger partial charge in [0.05, 0.1) is 7.11 Å². The maximum atomic E-state index is 12.3. The number of aryl methyl sites for hydroxylation is 1. The molecule has 3 aromatic rings. The number of aromatic amines is 1. The normalized spacial score (nSPS) is 14.6. The Balaban J connectivity index is 1.35. The maximum absolute atomic E-state index is 12.3. The number of amides is 1. The monoisotopic (exact) mass is 389 g/mol. The molecule has 0 bridgehead atoms. The van der Waals surface area contributed by atoms with Crippen LogP contribution in [0, 0.1) is 6.92 Å². The molecule has 0 atom stereocenters. The van der Waals surface area contributed by atoms with Gasteiger partial charge in [0.15, 0.2) is 0 Å². The lowest BCUT2D eigenvalue weighted by atomic mass is 9.98. The minimum atomic E-state index is 0.0674. The van der Waals surface area contributed by atoms with E-state index >= 15 is 0 Å². The molecule has 1 aliphatic heterocycles. The van der Waals surface area contributed by atoms with Crippen molar-refractivity contribution in [1.29, 1.82) is 0 Å². The van der Waals surface area contributed by atoms with Gasteiger partial charge in [-0.1, -0.05) is 24.3 Å². The van der Waals surface area contributed by atoms with Gasteiger partial charge in [-0.05, 0) is 48.7 Å². The highest BCUT2D eigenvalue weighted by Crippen LogP contribution is 2.31. The number of nitrogens with one attached hydrogen (secondary N) is 2. The van der Waals surface area contributed by atoms with Crippen molar-refractivity contribution in [3.05, 3.63) is 65.9 Å². The van der Waals surface area contributed by atoms with Gasteiger partial charge in [0.2, 0.25) is 5.91 Å². The zero-order chi connectivity index (χ0) is 20.2. The second-order valence-electron chi connectivity index (χ2n) is 7.51. The zero-order valence-corrected chi connectivity index (χ0v) is 17.0. The topological polar surface area (TPSA) is 57.4 Å². The molecule has 5 heteroatoms. The van der Waals surface area contributed by atoms with E-state index in [2.05, 4.69) is 39.6 Å². The minimum absolute atomic E-state index is 0.0674. The van der Waals surface area contributed by atoms with Crippen LogP contribution in [-0.4, -0.2) is 42.5 Å². The molecular weight excluding hydrogens is 362 g/mol. The number of aromatic nitrogens is 1. The number of benzene rings is 2. The number of fused-ring (bicyclic) bond motifs is 1. The third-order valence-corrected chi connectivity index (χ3v) is 5.60. The predicted molar refractivity (Wildman–Crippen MR) is 118 cm³/mol. The molecule has 0 saturated heterocycles. The SMILES string of the molecule is COc1ccc2[nH]cc(C3=CCN(CCC(=O)Nc4ccccc4C)CC3)c2c1. The Bertz CT molecular complexity index is 1050. The first-order chi connectivity index (χ1) is 14.1. The number of carbonyl (C=O) groups excluding carboxylic acids is 1. The number of H-pyrrole nitrogens is 1. The fraction of sp³-hybridized carbons (Fsp3) is 0.292. The molecule has 0 unspecified atom stereocenters. The van der Waals surface area contributed by atoms with Crippen LogP contribution >= 0.6 is 0 Å². The Morgan fingerprint density at radius 3 is 2.86 bits per heavy atom. The standard InChI is InChI=1S/C24H27N3O2/c1-17-5-3-4-6-22(17)26-24(28)11-14-27-12-9-18(10-13-27)21-16-25-23-8-7-19(29-2)15-20(21)23/h3-9,15-16,25H,10-14H2,1-2H3,(H,26,28). The molecular formula is C24H27N3O2. The highest BCUT2D eigenvalue weighted by atomic mass is 16.5. The third-order valence-electron chi connectivity index (χ3n) is 5.60. The van der Waals surface area contributed by atoms with Crippen molar-refractivity contribution in [2.24, 2.45) is 0 Å². The third kappa shape index (κ3) is 4.35. The molecule has 1 amide bonds. The number of hydrogen-bond acceptors (Lipinski definition) is 3. The molecule has 0 radical (unpaired) electrons. The van der Waals surface area contributed by atoms with Crippen LogP contribution in [0.25, 0.3) is 16.5 Å². The number of para-hydroxylation sites is 1. The number of ether oxygens (including phenoxy) is 1. The fourth-order valence-electron chi connectivity index (χ4n) is 3.84. The van der Waals surface area contributed by atoms with Gasteiger partial charge in [-0.25, -0.2) is 0 Å². The average Bonchev–Trinajstić information content (AvgIpc) is 3.17. The van der Waals surface area contributed by atoms with Crippen LogP contribution in [-0.2, 0) is 4.79 Å². The summed E-state index contributed by atoms with van der Waals surface area (Å²) in [5.41, 5.74) is 5.70. The molecule has 5 nitrogen and oxygen atoms in total. The molecule has 2 N–H and O–H groups in total. The van der Waals surface area contributed by atoms with Crippen LogP contribution in [0.2, 0.25) is 0 Å². The average molecular weight is 389 g/mol. The summed E-state index contributed by atoms with van der Waals surface area (Å²) in [7, 11) is 1.69. The van der Waals surface area contributed by atoms with Crippen molar-refractivity contribution in [3.8, 4) is 5.75 Å². The number of rotatable bonds is 6. The van der Waals surface area contributed by atoms with E-state index in [-0.39, 0.29) is 5.91 Å². The van der Waals surface area contributed by atoms with E-state index in [1.54, 1.807) is 7.11 Å². The smallest absolute Gasteiger partial charge is 0.225 e. The molecule has 0 spiro atoms. The van der Waals surface area contributed by atoms with Crippen molar-refractivity contribution in [2.45, 2.75) is 19.8 Å². The van der Waals surface area contributed by atoms with E-state index in [0.717, 1.165) is 48.6 Å². The van der Waals surface area contributed by atoms with Gasteiger partial charge in [0.25, 0.3) is 0 Å². The van der Waals surface area contributed by atoms with Crippen molar-refractivity contribution in [3.63, 3.8) is 0 Å². The minimum Gasteiger partial charge on any atom is -0.497 e. The summed E-state index contributed by atoms with van der Waals surface area (Å²) in [4.78, 5) is 18.0. The van der Waals surface area contributed by atoms with E-state index in [0.29, 0.717) is 6.42 Å². The van der Waals surface area contributed by atoms with Crippen molar-refractivity contribution < 1.29 is 9.53 Å². The Labute approximate surface area is 171 Å². The van der Waals surface area contributed by atoms with Crippen LogP contribution in [0.15, 0.2) is 54.7 Å². The quantitative estimate of drug-likeness (QED) is 0.648. The Morgan fingerprint density at radius 2 is 2.10 bits per heavy atom. The lowest BCUT2D eigenvalue weighted by molar-refractivity contribution is -0.116. The van der Waals surface area contributed by atoms with Crippen molar-refractivity contribution in [2.75, 3.05) is 32.1 Å². The molecule has 29 heavy (non-hydrogen) atoms. The maximum Gasteiger partial charge on any atom is 0.225 e. The summed E-state index contributed by atoms with van der Waals surface area (Å²) in [5, 5.41) is 4.21. The molecule has 0 saturated carbocycles. The lowest BCUT2D eigenvalue weighted by Gasteiger charge is -2.26. The van der Waals surface area contributed by atoms with E-state index in [9.17, 15) is 4.79 Å². The van der Waals surface area contributed by atoms with Gasteiger partial charge >= 0.3 is 0 Å². The number of hydrogen-bond donors (Lipinski definition) is 2. The number of nitrogens with zero attached hydrogens (tertiary/aromatic N) is 1. The Morgan fingerprint density at radius 1 is 1.24 bits per heavy atom. The first-order valence-corrected chi connectivity index (χ1v) is 10.1. The molecule has 1 aromatic heterocycles. The van der Waals surface area contributed by atoms with Crippen molar-refractivity contribution in [1.82, 2.24) is 9.88 Å². The van der Waals surface area contributed by atoms with Gasteiger partial charge in [0, 0.05) is 54.4 Å². The molecule has 0 fully saturated rings. The first kappa shape index (κ1) is 19.3. The summed E-state index contributed by atoms with van der Waals surface area (Å²) in [6.07, 6.45) is 5.84. The summed E-state index contributed by atoms with van der Waals surface area (Å²) in [6.45, 7) is 4.60. The summed E-state index contributed by atoms with van der Waals surface area (Å²) >= 11 is 0. The van der Waals surface area contributed by atoms with Gasteiger partial charge in [0.1, 0.15) is 5.75 Å². The predicted octanol–water partition coefficient (Wildman–Crippen LogP) is 4.60. The molecule has 4 rings (SSSR count). The van der Waals surface area contributed by atoms with Crippen LogP contribution < -0.4 is 10.1 Å². The van der Waals surface area contributed by atoms with E-state index in [1.165, 1.54) is 16.5 Å². The van der Waals surface area contributed by atoms with Gasteiger partial charge in [-0.15, -0.1) is 0 Å². The largest absolute Gasteiger partial charge is 0.497 e. The summed E-state index contributed by atoms with van der Waals surface area (Å²) < 4.78 is 5.38. The van der Waals surface area contributed by atoms with Crippen LogP contribution in [0.4, 0.5) is 5.69 Å². The Kier molecular flexibility index (Phi) is 5.67. The zero-order valence-electron chi connectivity index (χ0n) is 17.0. The number of carbonyl (C=O) groups is 1. The molecule has 1 aliphatic rings. The fourth-order valence-corrected chi connectivity index (χ4v) is 3.84. The van der Waals surface area contributed by atoms with Gasteiger partial charge in [-0.3, -0.25) is 9.69 Å². The van der Waals surface area contributed by atoms with Crippen LogP contribution in [0.5, 0.6) is 5.75 Å². The second-order valence-corrected chi connectivity index (χ2v) is 7.51. The highest BCUT2D eigenvalue weighted by Gasteiger charge is 2.17. The summed E-state index contributed by atoms with van der Waals surface area (Å²) in [6, 6.07) is 14.0. The van der Waals surface area contributed by atoms with Gasteiger partial charge in [-0.2, -0.15) is 0 Å². The van der Waals surface area contributed by atoms with E-state index < -0.39 is 0 Å². The molecule has 150 valence electrons. The molecule has 2 aromatic carbocycles. The van der Waals surface area contributed by atoms with E-state index in [4.69, 9.17) is 4.74 Å². The molecule has 2 heterocycles. The van der Waals surface area contributed by atoms with Crippen LogP contribution in [0.3, 0.4) is 0 Å². The molecule has 0 aliphatic carbocycles. The van der Waals surface area contributed by atoms with Gasteiger partial charge < -0.3 is 15.0 Å². The van der Waals surface area contributed by atoms with E-state index in [1.807, 2.05) is 37.3 Å². The highest BCUT2D eigenvalue weighted by molar-refractivity contribution is 5.94. The number of methoxy groups -OCH3 is 1. The Hall–Kier alpha value is -3.05. The first-order valence-electron chi connectivity index (χ1n) is 10.1. The van der Waals surface area contributed by atoms with Crippen LogP contribution in [0.1, 0.15) is 24.0 Å².